The van der Waals surface area contributed by atoms with Gasteiger partial charge in [0.1, 0.15) is 18.3 Å². The van der Waals surface area contributed by atoms with E-state index in [1.807, 2.05) is 19.1 Å². The summed E-state index contributed by atoms with van der Waals surface area (Å²) in [6.45, 7) is 4.00. The van der Waals surface area contributed by atoms with Crippen molar-refractivity contribution < 1.29 is 29.3 Å². The van der Waals surface area contributed by atoms with E-state index in [2.05, 4.69) is 5.32 Å². The van der Waals surface area contributed by atoms with Gasteiger partial charge in [0.15, 0.2) is 0 Å². The normalized spacial score (nSPS) is 28.2. The predicted molar refractivity (Wildman–Crippen MR) is 96.2 cm³/mol. The van der Waals surface area contributed by atoms with E-state index in [4.69, 9.17) is 9.47 Å². The van der Waals surface area contributed by atoms with E-state index in [0.717, 1.165) is 5.56 Å². The SMILES string of the molecule is Cc1ccc(C(=O)NC[C@H]2O[C@@H](CC(=O)N3CCOCC3)[C@H](O)[C@@H]2O)cc1. The zero-order valence-corrected chi connectivity index (χ0v) is 15.3. The molecule has 2 amide bonds. The first-order valence-corrected chi connectivity index (χ1v) is 9.17. The highest BCUT2D eigenvalue weighted by Gasteiger charge is 2.43. The lowest BCUT2D eigenvalue weighted by Crippen LogP contribution is -2.43. The molecule has 2 fully saturated rings. The van der Waals surface area contributed by atoms with Crippen LogP contribution in [0.4, 0.5) is 0 Å². The van der Waals surface area contributed by atoms with Crippen LogP contribution in [0.3, 0.4) is 0 Å². The van der Waals surface area contributed by atoms with Gasteiger partial charge in [-0.05, 0) is 19.1 Å². The van der Waals surface area contributed by atoms with Crippen LogP contribution < -0.4 is 5.32 Å². The molecule has 0 aliphatic carbocycles. The van der Waals surface area contributed by atoms with Crippen LogP contribution in [0.5, 0.6) is 0 Å². The van der Waals surface area contributed by atoms with Crippen LogP contribution in [-0.2, 0) is 14.3 Å². The van der Waals surface area contributed by atoms with Crippen molar-refractivity contribution in [3.8, 4) is 0 Å². The zero-order valence-electron chi connectivity index (χ0n) is 15.3. The van der Waals surface area contributed by atoms with Gasteiger partial charge in [-0.3, -0.25) is 9.59 Å². The van der Waals surface area contributed by atoms with Crippen LogP contribution in [-0.4, -0.2) is 84.2 Å². The zero-order chi connectivity index (χ0) is 19.4. The lowest BCUT2D eigenvalue weighted by Gasteiger charge is -2.28. The number of morpholine rings is 1. The maximum atomic E-state index is 12.3. The van der Waals surface area contributed by atoms with Crippen LogP contribution in [0.2, 0.25) is 0 Å². The van der Waals surface area contributed by atoms with Gasteiger partial charge in [0.25, 0.3) is 5.91 Å². The number of aliphatic hydroxyl groups excluding tert-OH is 2. The molecule has 2 aliphatic heterocycles. The second kappa shape index (κ2) is 8.79. The van der Waals surface area contributed by atoms with Crippen LogP contribution in [0.1, 0.15) is 22.3 Å². The molecule has 2 saturated heterocycles. The number of nitrogens with one attached hydrogen (secondary N) is 1. The third-order valence-corrected chi connectivity index (χ3v) is 4.98. The summed E-state index contributed by atoms with van der Waals surface area (Å²) in [5, 5.41) is 23.1. The van der Waals surface area contributed by atoms with Gasteiger partial charge in [-0.25, -0.2) is 0 Å². The minimum Gasteiger partial charge on any atom is -0.388 e. The third-order valence-electron chi connectivity index (χ3n) is 4.98. The number of hydrogen-bond acceptors (Lipinski definition) is 6. The molecular formula is C19H26N2O6. The van der Waals surface area contributed by atoms with Crippen molar-refractivity contribution in [2.75, 3.05) is 32.8 Å². The van der Waals surface area contributed by atoms with Crippen molar-refractivity contribution in [3.05, 3.63) is 35.4 Å². The summed E-state index contributed by atoms with van der Waals surface area (Å²) >= 11 is 0. The molecule has 0 radical (unpaired) electrons. The number of carbonyl (C=O) groups is 2. The fourth-order valence-electron chi connectivity index (χ4n) is 3.28. The van der Waals surface area contributed by atoms with Crippen LogP contribution in [0.25, 0.3) is 0 Å². The number of rotatable bonds is 5. The molecule has 1 aromatic carbocycles. The second-order valence-corrected chi connectivity index (χ2v) is 6.97. The van der Waals surface area contributed by atoms with Crippen LogP contribution in [0, 0.1) is 6.92 Å². The topological polar surface area (TPSA) is 108 Å². The predicted octanol–water partition coefficient (Wildman–Crippen LogP) is -0.537. The number of benzene rings is 1. The molecule has 0 saturated carbocycles. The summed E-state index contributed by atoms with van der Waals surface area (Å²) in [5.41, 5.74) is 1.56. The third kappa shape index (κ3) is 4.84. The summed E-state index contributed by atoms with van der Waals surface area (Å²) in [6, 6.07) is 7.12. The van der Waals surface area contributed by atoms with E-state index in [9.17, 15) is 19.8 Å². The fourth-order valence-corrected chi connectivity index (χ4v) is 3.28. The van der Waals surface area contributed by atoms with Gasteiger partial charge in [0, 0.05) is 25.2 Å². The molecule has 0 aromatic heterocycles. The number of carbonyl (C=O) groups excluding carboxylic acids is 2. The summed E-state index contributed by atoms with van der Waals surface area (Å²) in [5.74, 6) is -0.424. The first-order valence-electron chi connectivity index (χ1n) is 9.17. The van der Waals surface area contributed by atoms with Crippen molar-refractivity contribution in [1.29, 1.82) is 0 Å². The van der Waals surface area contributed by atoms with Gasteiger partial charge in [-0.15, -0.1) is 0 Å². The minimum atomic E-state index is -1.17. The molecule has 0 spiro atoms. The second-order valence-electron chi connectivity index (χ2n) is 6.97. The number of aliphatic hydroxyl groups is 2. The Hall–Kier alpha value is -2.00. The highest BCUT2D eigenvalue weighted by atomic mass is 16.5. The highest BCUT2D eigenvalue weighted by molar-refractivity contribution is 5.94. The Balaban J connectivity index is 1.50. The number of amides is 2. The summed E-state index contributed by atoms with van der Waals surface area (Å²) in [4.78, 5) is 26.2. The Bertz CT molecular complexity index is 659. The maximum absolute atomic E-state index is 12.3. The highest BCUT2D eigenvalue weighted by Crippen LogP contribution is 2.24. The Kier molecular flexibility index (Phi) is 6.43. The van der Waals surface area contributed by atoms with Gasteiger partial charge in [-0.1, -0.05) is 17.7 Å². The summed E-state index contributed by atoms with van der Waals surface area (Å²) < 4.78 is 10.9. The molecule has 27 heavy (non-hydrogen) atoms. The van der Waals surface area contributed by atoms with E-state index < -0.39 is 24.4 Å². The molecule has 0 unspecified atom stereocenters. The van der Waals surface area contributed by atoms with Crippen molar-refractivity contribution in [1.82, 2.24) is 10.2 Å². The molecule has 8 nitrogen and oxygen atoms in total. The number of nitrogens with zero attached hydrogens (tertiary/aromatic N) is 1. The van der Waals surface area contributed by atoms with Crippen molar-refractivity contribution in [3.63, 3.8) is 0 Å². The lowest BCUT2D eigenvalue weighted by atomic mass is 10.0. The van der Waals surface area contributed by atoms with Crippen molar-refractivity contribution in [2.45, 2.75) is 37.8 Å². The Morgan fingerprint density at radius 1 is 1.11 bits per heavy atom. The average Bonchev–Trinajstić information content (AvgIpc) is 2.95. The molecule has 3 rings (SSSR count). The van der Waals surface area contributed by atoms with Gasteiger partial charge in [0.2, 0.25) is 5.91 Å². The molecule has 4 atom stereocenters. The molecule has 3 N–H and O–H groups in total. The largest absolute Gasteiger partial charge is 0.388 e. The lowest BCUT2D eigenvalue weighted by molar-refractivity contribution is -0.139. The monoisotopic (exact) mass is 378 g/mol. The molecule has 2 heterocycles. The molecule has 0 bridgehead atoms. The van der Waals surface area contributed by atoms with Gasteiger partial charge < -0.3 is 29.9 Å². The Labute approximate surface area is 158 Å². The van der Waals surface area contributed by atoms with E-state index in [0.29, 0.717) is 31.9 Å². The molecule has 148 valence electrons. The van der Waals surface area contributed by atoms with Gasteiger partial charge >= 0.3 is 0 Å². The number of aryl methyl sites for hydroxylation is 1. The van der Waals surface area contributed by atoms with E-state index in [1.165, 1.54) is 0 Å². The molecule has 2 aliphatic rings. The van der Waals surface area contributed by atoms with Crippen molar-refractivity contribution in [2.24, 2.45) is 0 Å². The standard InChI is InChI=1S/C19H26N2O6/c1-12-2-4-13(5-3-12)19(25)20-11-15-18(24)17(23)14(27-15)10-16(22)21-6-8-26-9-7-21/h2-5,14-15,17-18,23-24H,6-11H2,1H3,(H,20,25)/t14-,15+,17-,18+/m0/s1. The number of hydrogen-bond donors (Lipinski definition) is 3. The smallest absolute Gasteiger partial charge is 0.251 e. The molecule has 1 aromatic rings. The number of ether oxygens (including phenoxy) is 2. The molecular weight excluding hydrogens is 352 g/mol. The van der Waals surface area contributed by atoms with E-state index >= 15 is 0 Å². The van der Waals surface area contributed by atoms with Gasteiger partial charge in [0.05, 0.1) is 25.7 Å². The minimum absolute atomic E-state index is 0.0133. The first-order chi connectivity index (χ1) is 13.0. The van der Waals surface area contributed by atoms with Gasteiger partial charge in [-0.2, -0.15) is 0 Å². The first kappa shape index (κ1) is 19.8. The van der Waals surface area contributed by atoms with Crippen molar-refractivity contribution >= 4 is 11.8 Å². The van der Waals surface area contributed by atoms with Crippen LogP contribution >= 0.6 is 0 Å². The van der Waals surface area contributed by atoms with E-state index in [1.54, 1.807) is 17.0 Å². The summed E-state index contributed by atoms with van der Waals surface area (Å²) in [7, 11) is 0. The maximum Gasteiger partial charge on any atom is 0.251 e. The van der Waals surface area contributed by atoms with E-state index in [-0.39, 0.29) is 24.8 Å². The average molecular weight is 378 g/mol. The summed E-state index contributed by atoms with van der Waals surface area (Å²) in [6.07, 6.45) is -3.91. The quantitative estimate of drug-likeness (QED) is 0.635. The fraction of sp³-hybridized carbons (Fsp3) is 0.579. The Morgan fingerprint density at radius 2 is 1.74 bits per heavy atom. The van der Waals surface area contributed by atoms with Crippen LogP contribution in [0.15, 0.2) is 24.3 Å². The molecule has 8 heteroatoms. The Morgan fingerprint density at radius 3 is 2.41 bits per heavy atom.